The summed E-state index contributed by atoms with van der Waals surface area (Å²) in [5.41, 5.74) is 0.466. The molecule has 1 N–H and O–H groups in total. The second-order valence-electron chi connectivity index (χ2n) is 5.42. The predicted octanol–water partition coefficient (Wildman–Crippen LogP) is 3.22. The molecule has 1 aliphatic rings. The fourth-order valence-corrected chi connectivity index (χ4v) is 3.33. The van der Waals surface area contributed by atoms with E-state index in [1.54, 1.807) is 11.3 Å². The zero-order chi connectivity index (χ0) is 12.3. The van der Waals surface area contributed by atoms with Gasteiger partial charge in [0.25, 0.3) is 0 Å². The van der Waals surface area contributed by atoms with Gasteiger partial charge < -0.3 is 10.2 Å². The van der Waals surface area contributed by atoms with E-state index in [-0.39, 0.29) is 0 Å². The van der Waals surface area contributed by atoms with Crippen molar-refractivity contribution in [1.82, 2.24) is 10.2 Å². The number of halogens is 1. The van der Waals surface area contributed by atoms with E-state index in [1.165, 1.54) is 30.8 Å². The lowest BCUT2D eigenvalue weighted by molar-refractivity contribution is 0.137. The quantitative estimate of drug-likeness (QED) is 0.905. The predicted molar refractivity (Wildman–Crippen MR) is 75.9 cm³/mol. The van der Waals surface area contributed by atoms with Gasteiger partial charge in [-0.05, 0) is 50.5 Å². The van der Waals surface area contributed by atoms with Gasteiger partial charge in [-0.2, -0.15) is 0 Å². The van der Waals surface area contributed by atoms with Crippen molar-refractivity contribution in [2.45, 2.75) is 26.3 Å². The molecular weight excluding hydrogens is 252 g/mol. The summed E-state index contributed by atoms with van der Waals surface area (Å²) in [6.07, 6.45) is 2.59. The lowest BCUT2D eigenvalue weighted by atomic mass is 9.80. The summed E-state index contributed by atoms with van der Waals surface area (Å²) in [6, 6.07) is 4.08. The largest absolute Gasteiger partial charge is 0.311 e. The Labute approximate surface area is 113 Å². The van der Waals surface area contributed by atoms with Crippen LogP contribution in [0.3, 0.4) is 0 Å². The Hall–Kier alpha value is -0.0900. The standard InChI is InChI=1S/C13H21ClN2S/c1-13(5-7-16(2)8-6-13)10-15-9-11-3-4-12(14)17-11/h3-4,15H,5-10H2,1-2H3. The van der Waals surface area contributed by atoms with Crippen LogP contribution in [0.1, 0.15) is 24.6 Å². The Balaban J connectivity index is 1.74. The minimum Gasteiger partial charge on any atom is -0.311 e. The molecule has 0 spiro atoms. The van der Waals surface area contributed by atoms with Crippen molar-refractivity contribution in [3.05, 3.63) is 21.3 Å². The molecule has 0 aliphatic carbocycles. The third-order valence-electron chi connectivity index (χ3n) is 3.67. The lowest BCUT2D eigenvalue weighted by Gasteiger charge is -2.38. The highest BCUT2D eigenvalue weighted by Gasteiger charge is 2.28. The number of piperidine rings is 1. The van der Waals surface area contributed by atoms with E-state index in [2.05, 4.69) is 30.3 Å². The molecular formula is C13H21ClN2S. The minimum absolute atomic E-state index is 0.466. The van der Waals surface area contributed by atoms with E-state index in [4.69, 9.17) is 11.6 Å². The Morgan fingerprint density at radius 3 is 2.71 bits per heavy atom. The van der Waals surface area contributed by atoms with Crippen molar-refractivity contribution in [1.29, 1.82) is 0 Å². The second kappa shape index (κ2) is 5.70. The summed E-state index contributed by atoms with van der Waals surface area (Å²) in [4.78, 5) is 3.74. The van der Waals surface area contributed by atoms with E-state index in [0.717, 1.165) is 17.4 Å². The summed E-state index contributed by atoms with van der Waals surface area (Å²) < 4.78 is 0.882. The van der Waals surface area contributed by atoms with Crippen molar-refractivity contribution in [3.63, 3.8) is 0 Å². The topological polar surface area (TPSA) is 15.3 Å². The molecule has 2 heterocycles. The third kappa shape index (κ3) is 3.95. The average Bonchev–Trinajstić information content (AvgIpc) is 2.69. The average molecular weight is 273 g/mol. The number of hydrogen-bond donors (Lipinski definition) is 1. The fraction of sp³-hybridized carbons (Fsp3) is 0.692. The van der Waals surface area contributed by atoms with Gasteiger partial charge >= 0.3 is 0 Å². The highest BCUT2D eigenvalue weighted by atomic mass is 35.5. The smallest absolute Gasteiger partial charge is 0.0931 e. The molecule has 0 aromatic carbocycles. The van der Waals surface area contributed by atoms with Gasteiger partial charge in [-0.3, -0.25) is 0 Å². The molecule has 2 rings (SSSR count). The second-order valence-corrected chi connectivity index (χ2v) is 7.22. The molecule has 1 aromatic heterocycles. The van der Waals surface area contributed by atoms with Crippen LogP contribution in [0.2, 0.25) is 4.34 Å². The van der Waals surface area contributed by atoms with Crippen LogP contribution in [0.15, 0.2) is 12.1 Å². The molecule has 0 amide bonds. The molecule has 0 saturated carbocycles. The summed E-state index contributed by atoms with van der Waals surface area (Å²) in [5, 5.41) is 3.57. The van der Waals surface area contributed by atoms with Crippen molar-refractivity contribution >= 4 is 22.9 Å². The number of hydrogen-bond acceptors (Lipinski definition) is 3. The van der Waals surface area contributed by atoms with Crippen LogP contribution in [0.4, 0.5) is 0 Å². The van der Waals surface area contributed by atoms with Crippen LogP contribution in [0.5, 0.6) is 0 Å². The number of nitrogens with zero attached hydrogens (tertiary/aromatic N) is 1. The Morgan fingerprint density at radius 2 is 2.12 bits per heavy atom. The molecule has 1 saturated heterocycles. The van der Waals surface area contributed by atoms with Gasteiger partial charge in [0.15, 0.2) is 0 Å². The molecule has 1 aromatic rings. The maximum absolute atomic E-state index is 5.92. The van der Waals surface area contributed by atoms with Crippen LogP contribution < -0.4 is 5.32 Å². The van der Waals surface area contributed by atoms with Crippen LogP contribution >= 0.6 is 22.9 Å². The molecule has 1 fully saturated rings. The first-order chi connectivity index (χ1) is 8.07. The molecule has 0 atom stereocenters. The third-order valence-corrected chi connectivity index (χ3v) is 4.91. The molecule has 0 bridgehead atoms. The molecule has 17 heavy (non-hydrogen) atoms. The SMILES string of the molecule is CN1CCC(C)(CNCc2ccc(Cl)s2)CC1. The number of nitrogens with one attached hydrogen (secondary N) is 1. The van der Waals surface area contributed by atoms with Gasteiger partial charge in [0, 0.05) is 18.0 Å². The number of likely N-dealkylation sites (tertiary alicyclic amines) is 1. The zero-order valence-corrected chi connectivity index (χ0v) is 12.2. The van der Waals surface area contributed by atoms with Gasteiger partial charge in [0.05, 0.1) is 4.34 Å². The maximum Gasteiger partial charge on any atom is 0.0931 e. The van der Waals surface area contributed by atoms with E-state index < -0.39 is 0 Å². The Morgan fingerprint density at radius 1 is 1.41 bits per heavy atom. The summed E-state index contributed by atoms with van der Waals surface area (Å²) >= 11 is 7.59. The fourth-order valence-electron chi connectivity index (χ4n) is 2.27. The van der Waals surface area contributed by atoms with Crippen LogP contribution in [0.25, 0.3) is 0 Å². The van der Waals surface area contributed by atoms with E-state index in [1.807, 2.05) is 6.07 Å². The monoisotopic (exact) mass is 272 g/mol. The first-order valence-electron chi connectivity index (χ1n) is 6.21. The van der Waals surface area contributed by atoms with Crippen molar-refractivity contribution in [3.8, 4) is 0 Å². The minimum atomic E-state index is 0.466. The maximum atomic E-state index is 5.92. The highest BCUT2D eigenvalue weighted by Crippen LogP contribution is 2.29. The molecule has 4 heteroatoms. The molecule has 0 radical (unpaired) electrons. The van der Waals surface area contributed by atoms with Gasteiger partial charge in [0.1, 0.15) is 0 Å². The zero-order valence-electron chi connectivity index (χ0n) is 10.6. The van der Waals surface area contributed by atoms with Gasteiger partial charge in [-0.25, -0.2) is 0 Å². The first-order valence-corrected chi connectivity index (χ1v) is 7.40. The molecule has 0 unspecified atom stereocenters. The van der Waals surface area contributed by atoms with Crippen LogP contribution in [-0.2, 0) is 6.54 Å². The van der Waals surface area contributed by atoms with Crippen molar-refractivity contribution in [2.75, 3.05) is 26.7 Å². The van der Waals surface area contributed by atoms with E-state index >= 15 is 0 Å². The molecule has 96 valence electrons. The highest BCUT2D eigenvalue weighted by molar-refractivity contribution is 7.16. The van der Waals surface area contributed by atoms with Gasteiger partial charge in [-0.15, -0.1) is 11.3 Å². The first kappa shape index (κ1) is 13.3. The summed E-state index contributed by atoms with van der Waals surface area (Å²) in [6.45, 7) is 6.90. The van der Waals surface area contributed by atoms with Crippen LogP contribution in [-0.4, -0.2) is 31.6 Å². The van der Waals surface area contributed by atoms with Gasteiger partial charge in [-0.1, -0.05) is 18.5 Å². The normalized spacial score (nSPS) is 20.6. The Bertz CT molecular complexity index is 356. The van der Waals surface area contributed by atoms with E-state index in [0.29, 0.717) is 5.41 Å². The molecule has 1 aliphatic heterocycles. The number of rotatable bonds is 4. The van der Waals surface area contributed by atoms with Gasteiger partial charge in [0.2, 0.25) is 0 Å². The van der Waals surface area contributed by atoms with Crippen molar-refractivity contribution in [2.24, 2.45) is 5.41 Å². The Kier molecular flexibility index (Phi) is 4.47. The summed E-state index contributed by atoms with van der Waals surface area (Å²) in [7, 11) is 2.21. The molecule has 2 nitrogen and oxygen atoms in total. The summed E-state index contributed by atoms with van der Waals surface area (Å²) in [5.74, 6) is 0. The number of thiophene rings is 1. The van der Waals surface area contributed by atoms with Crippen molar-refractivity contribution < 1.29 is 0 Å². The van der Waals surface area contributed by atoms with E-state index in [9.17, 15) is 0 Å². The lowest BCUT2D eigenvalue weighted by Crippen LogP contribution is -2.41. The van der Waals surface area contributed by atoms with Crippen LogP contribution in [0, 0.1) is 5.41 Å².